The maximum atomic E-state index is 13.5. The predicted molar refractivity (Wildman–Crippen MR) is 96.1 cm³/mol. The first kappa shape index (κ1) is 17.8. The molecule has 2 aromatic heterocycles. The average molecular weight is 385 g/mol. The highest BCUT2D eigenvalue weighted by molar-refractivity contribution is 5.64. The minimum absolute atomic E-state index is 0.0101. The summed E-state index contributed by atoms with van der Waals surface area (Å²) in [5.74, 6) is -1.57. The van der Waals surface area contributed by atoms with Gasteiger partial charge in [-0.05, 0) is 35.9 Å². The van der Waals surface area contributed by atoms with Crippen molar-refractivity contribution >= 4 is 11.3 Å². The summed E-state index contributed by atoms with van der Waals surface area (Å²) in [5, 5.41) is 8.15. The first-order valence-corrected chi connectivity index (χ1v) is 8.34. The van der Waals surface area contributed by atoms with Crippen molar-refractivity contribution in [1.82, 2.24) is 19.6 Å². The smallest absolute Gasteiger partial charge is 0.220 e. The van der Waals surface area contributed by atoms with Crippen molar-refractivity contribution in [2.24, 2.45) is 0 Å². The molecular weight excluding hydrogens is 371 g/mol. The number of aromatic nitrogens is 4. The SMILES string of the molecule is Nc1cc(-c2nnc3cncc(OCCc4ccc(F)c(F)c4)n23)ccc1F. The van der Waals surface area contributed by atoms with Crippen molar-refractivity contribution < 1.29 is 17.9 Å². The van der Waals surface area contributed by atoms with Crippen LogP contribution in [-0.4, -0.2) is 26.2 Å². The van der Waals surface area contributed by atoms with E-state index in [1.165, 1.54) is 36.7 Å². The van der Waals surface area contributed by atoms with Crippen LogP contribution in [-0.2, 0) is 6.42 Å². The number of fused-ring (bicyclic) bond motifs is 1. The van der Waals surface area contributed by atoms with Gasteiger partial charge in [-0.1, -0.05) is 6.07 Å². The molecule has 4 aromatic rings. The number of nitrogens with zero attached hydrogens (tertiary/aromatic N) is 4. The van der Waals surface area contributed by atoms with Crippen molar-refractivity contribution in [2.75, 3.05) is 12.3 Å². The van der Waals surface area contributed by atoms with Crippen molar-refractivity contribution in [2.45, 2.75) is 6.42 Å². The van der Waals surface area contributed by atoms with Crippen LogP contribution in [0.25, 0.3) is 17.0 Å². The van der Waals surface area contributed by atoms with Crippen LogP contribution in [0.2, 0.25) is 0 Å². The fourth-order valence-corrected chi connectivity index (χ4v) is 2.76. The maximum absolute atomic E-state index is 13.5. The zero-order chi connectivity index (χ0) is 19.7. The Morgan fingerprint density at radius 3 is 2.54 bits per heavy atom. The second kappa shape index (κ2) is 7.18. The molecule has 6 nitrogen and oxygen atoms in total. The van der Waals surface area contributed by atoms with Crippen LogP contribution < -0.4 is 10.5 Å². The zero-order valence-corrected chi connectivity index (χ0v) is 14.4. The normalized spacial score (nSPS) is 11.1. The molecule has 0 fully saturated rings. The highest BCUT2D eigenvalue weighted by atomic mass is 19.2. The van der Waals surface area contributed by atoms with E-state index >= 15 is 0 Å². The number of hydrogen-bond donors (Lipinski definition) is 1. The largest absolute Gasteiger partial charge is 0.477 e. The van der Waals surface area contributed by atoms with E-state index in [9.17, 15) is 13.2 Å². The molecule has 2 aromatic carbocycles. The quantitative estimate of drug-likeness (QED) is 0.533. The summed E-state index contributed by atoms with van der Waals surface area (Å²) < 4.78 is 47.2. The molecule has 0 spiro atoms. The average Bonchev–Trinajstić information content (AvgIpc) is 3.12. The van der Waals surface area contributed by atoms with Crippen LogP contribution in [0.5, 0.6) is 5.88 Å². The third-order valence-corrected chi connectivity index (χ3v) is 4.16. The molecule has 0 amide bonds. The molecule has 2 heterocycles. The Morgan fingerprint density at radius 2 is 1.75 bits per heavy atom. The lowest BCUT2D eigenvalue weighted by atomic mass is 10.1. The third kappa shape index (κ3) is 3.34. The maximum Gasteiger partial charge on any atom is 0.220 e. The molecule has 2 N–H and O–H groups in total. The molecule has 0 saturated heterocycles. The highest BCUT2D eigenvalue weighted by Gasteiger charge is 2.14. The second-order valence-corrected chi connectivity index (χ2v) is 6.05. The Hall–Kier alpha value is -3.62. The summed E-state index contributed by atoms with van der Waals surface area (Å²) in [5.41, 5.74) is 7.22. The fourth-order valence-electron chi connectivity index (χ4n) is 2.76. The monoisotopic (exact) mass is 385 g/mol. The Morgan fingerprint density at radius 1 is 0.929 bits per heavy atom. The molecular formula is C19H14F3N5O. The van der Waals surface area contributed by atoms with E-state index < -0.39 is 17.5 Å². The summed E-state index contributed by atoms with van der Waals surface area (Å²) in [6.45, 7) is 0.190. The van der Waals surface area contributed by atoms with Gasteiger partial charge in [0.15, 0.2) is 23.1 Å². The van der Waals surface area contributed by atoms with Gasteiger partial charge in [0.25, 0.3) is 0 Å². The second-order valence-electron chi connectivity index (χ2n) is 6.05. The predicted octanol–water partition coefficient (Wildman–Crippen LogP) is 3.41. The topological polar surface area (TPSA) is 78.3 Å². The number of halogens is 3. The van der Waals surface area contributed by atoms with Crippen LogP contribution in [0.15, 0.2) is 48.8 Å². The van der Waals surface area contributed by atoms with Crippen molar-refractivity contribution in [1.29, 1.82) is 0 Å². The van der Waals surface area contributed by atoms with Gasteiger partial charge in [-0.25, -0.2) is 17.6 Å². The van der Waals surface area contributed by atoms with E-state index in [1.54, 1.807) is 4.40 Å². The molecule has 0 unspecified atom stereocenters. The molecule has 0 radical (unpaired) electrons. The van der Waals surface area contributed by atoms with Crippen molar-refractivity contribution in [3.63, 3.8) is 0 Å². The van der Waals surface area contributed by atoms with Crippen LogP contribution in [0, 0.1) is 17.5 Å². The van der Waals surface area contributed by atoms with Gasteiger partial charge in [0.2, 0.25) is 5.88 Å². The Kier molecular flexibility index (Phi) is 4.56. The van der Waals surface area contributed by atoms with E-state index in [-0.39, 0.29) is 12.3 Å². The number of rotatable bonds is 5. The van der Waals surface area contributed by atoms with Gasteiger partial charge >= 0.3 is 0 Å². The fraction of sp³-hybridized carbons (Fsp3) is 0.105. The summed E-state index contributed by atoms with van der Waals surface area (Å²) in [6.07, 6.45) is 3.35. The summed E-state index contributed by atoms with van der Waals surface area (Å²) >= 11 is 0. The van der Waals surface area contributed by atoms with Gasteiger partial charge in [0.05, 0.1) is 24.7 Å². The summed E-state index contributed by atoms with van der Waals surface area (Å²) in [4.78, 5) is 4.06. The zero-order valence-electron chi connectivity index (χ0n) is 14.4. The van der Waals surface area contributed by atoms with E-state index in [0.29, 0.717) is 34.9 Å². The number of ether oxygens (including phenoxy) is 1. The van der Waals surface area contributed by atoms with Gasteiger partial charge in [-0.15, -0.1) is 10.2 Å². The summed E-state index contributed by atoms with van der Waals surface area (Å²) in [7, 11) is 0. The number of hydrogen-bond acceptors (Lipinski definition) is 5. The number of nitrogens with two attached hydrogens (primary N) is 1. The van der Waals surface area contributed by atoms with Crippen LogP contribution in [0.4, 0.5) is 18.9 Å². The Labute approximate surface area is 157 Å². The molecule has 0 saturated carbocycles. The highest BCUT2D eigenvalue weighted by Crippen LogP contribution is 2.25. The standard InChI is InChI=1S/C19H14F3N5O/c20-13-3-1-11(7-15(13)22)5-6-28-18-10-24-9-17-25-26-19(27(17)18)12-2-4-14(21)16(23)8-12/h1-4,7-10H,5-6,23H2. The molecule has 0 aliphatic heterocycles. The lowest BCUT2D eigenvalue weighted by Gasteiger charge is -2.10. The van der Waals surface area contributed by atoms with Gasteiger partial charge in [0, 0.05) is 12.0 Å². The molecule has 0 aliphatic carbocycles. The first-order chi connectivity index (χ1) is 13.5. The van der Waals surface area contributed by atoms with Gasteiger partial charge in [0.1, 0.15) is 5.82 Å². The van der Waals surface area contributed by atoms with Gasteiger partial charge in [-0.3, -0.25) is 4.98 Å². The van der Waals surface area contributed by atoms with Crippen molar-refractivity contribution in [3.8, 4) is 17.3 Å². The molecule has 0 atom stereocenters. The molecule has 142 valence electrons. The first-order valence-electron chi connectivity index (χ1n) is 8.34. The van der Waals surface area contributed by atoms with Gasteiger partial charge < -0.3 is 10.5 Å². The minimum atomic E-state index is -0.906. The lowest BCUT2D eigenvalue weighted by Crippen LogP contribution is -2.06. The molecule has 0 aliphatic rings. The third-order valence-electron chi connectivity index (χ3n) is 4.16. The number of nitrogen functional groups attached to an aromatic ring is 1. The Bertz CT molecular complexity index is 1160. The van der Waals surface area contributed by atoms with Crippen LogP contribution in [0.1, 0.15) is 5.56 Å². The lowest BCUT2D eigenvalue weighted by molar-refractivity contribution is 0.304. The van der Waals surface area contributed by atoms with Crippen LogP contribution in [0.3, 0.4) is 0 Å². The molecule has 0 bridgehead atoms. The van der Waals surface area contributed by atoms with E-state index in [4.69, 9.17) is 10.5 Å². The van der Waals surface area contributed by atoms with Crippen molar-refractivity contribution in [3.05, 3.63) is 71.8 Å². The molecule has 4 rings (SSSR count). The molecule has 28 heavy (non-hydrogen) atoms. The van der Waals surface area contributed by atoms with E-state index in [1.807, 2.05) is 0 Å². The van der Waals surface area contributed by atoms with Gasteiger partial charge in [-0.2, -0.15) is 0 Å². The Balaban J connectivity index is 1.61. The molecule has 9 heteroatoms. The minimum Gasteiger partial charge on any atom is -0.477 e. The summed E-state index contributed by atoms with van der Waals surface area (Å²) in [6, 6.07) is 7.93. The van der Waals surface area contributed by atoms with E-state index in [2.05, 4.69) is 15.2 Å². The number of benzene rings is 2. The number of anilines is 1. The van der Waals surface area contributed by atoms with Crippen LogP contribution >= 0.6 is 0 Å². The van der Waals surface area contributed by atoms with E-state index in [0.717, 1.165) is 12.1 Å².